The fourth-order valence-electron chi connectivity index (χ4n) is 3.03. The summed E-state index contributed by atoms with van der Waals surface area (Å²) in [6, 6.07) is 1.89. The van der Waals surface area contributed by atoms with Crippen LogP contribution in [0.5, 0.6) is 0 Å². The van der Waals surface area contributed by atoms with Crippen molar-refractivity contribution in [3.8, 4) is 0 Å². The van der Waals surface area contributed by atoms with Crippen molar-refractivity contribution in [1.82, 2.24) is 24.5 Å². The third kappa shape index (κ3) is 3.46. The van der Waals surface area contributed by atoms with Gasteiger partial charge >= 0.3 is 0 Å². The Morgan fingerprint density at radius 2 is 2.13 bits per heavy atom. The lowest BCUT2D eigenvalue weighted by Crippen LogP contribution is -2.33. The molecule has 0 saturated carbocycles. The third-order valence-corrected chi connectivity index (χ3v) is 4.30. The Bertz CT molecular complexity index is 663. The van der Waals surface area contributed by atoms with E-state index in [4.69, 9.17) is 5.11 Å². The van der Waals surface area contributed by atoms with Gasteiger partial charge in [0.1, 0.15) is 6.10 Å². The minimum Gasteiger partial charge on any atom is -0.393 e. The molecular weight excluding hydrogens is 294 g/mol. The van der Waals surface area contributed by atoms with Gasteiger partial charge in [0.05, 0.1) is 30.2 Å². The second-order valence-electron chi connectivity index (χ2n) is 6.20. The molecule has 1 atom stereocenters. The summed E-state index contributed by atoms with van der Waals surface area (Å²) in [4.78, 5) is 2.37. The van der Waals surface area contributed by atoms with Gasteiger partial charge in [0, 0.05) is 37.9 Å². The molecule has 1 unspecified atom stereocenters. The van der Waals surface area contributed by atoms with Crippen molar-refractivity contribution < 1.29 is 10.2 Å². The minimum atomic E-state index is -0.893. The Labute approximate surface area is 136 Å². The van der Waals surface area contributed by atoms with E-state index < -0.39 is 6.10 Å². The Hall–Kier alpha value is -1.70. The van der Waals surface area contributed by atoms with E-state index in [0.29, 0.717) is 5.69 Å². The molecule has 0 fully saturated rings. The van der Waals surface area contributed by atoms with E-state index in [-0.39, 0.29) is 6.61 Å². The van der Waals surface area contributed by atoms with Crippen LogP contribution in [0.1, 0.15) is 42.1 Å². The van der Waals surface area contributed by atoms with E-state index in [0.717, 1.165) is 50.5 Å². The zero-order valence-electron chi connectivity index (χ0n) is 13.8. The van der Waals surface area contributed by atoms with Crippen molar-refractivity contribution in [1.29, 1.82) is 0 Å². The molecule has 126 valence electrons. The smallest absolute Gasteiger partial charge is 0.121 e. The van der Waals surface area contributed by atoms with Gasteiger partial charge < -0.3 is 10.2 Å². The van der Waals surface area contributed by atoms with Crippen LogP contribution in [0.3, 0.4) is 0 Å². The monoisotopic (exact) mass is 319 g/mol. The van der Waals surface area contributed by atoms with E-state index in [2.05, 4.69) is 35.1 Å². The molecule has 3 heterocycles. The van der Waals surface area contributed by atoms with E-state index >= 15 is 0 Å². The normalized spacial score (nSPS) is 16.5. The molecular formula is C16H25N5O2. The quantitative estimate of drug-likeness (QED) is 0.825. The van der Waals surface area contributed by atoms with E-state index in [1.807, 2.05) is 15.4 Å². The molecule has 3 rings (SSSR count). The first kappa shape index (κ1) is 16.2. The van der Waals surface area contributed by atoms with Gasteiger partial charge in [-0.25, -0.2) is 0 Å². The zero-order chi connectivity index (χ0) is 16.4. The molecule has 0 spiro atoms. The molecule has 0 bridgehead atoms. The fraction of sp³-hybridized carbons (Fsp3) is 0.625. The van der Waals surface area contributed by atoms with Crippen LogP contribution in [0.2, 0.25) is 0 Å². The number of hydrogen-bond acceptors (Lipinski definition) is 5. The second-order valence-corrected chi connectivity index (χ2v) is 6.20. The van der Waals surface area contributed by atoms with Crippen LogP contribution in [0, 0.1) is 6.92 Å². The first-order valence-corrected chi connectivity index (χ1v) is 8.21. The minimum absolute atomic E-state index is 0.296. The SMILES string of the molecule is CCCn1cc(CN2CCn3nc(C(O)CO)cc3C2)c(C)n1. The average molecular weight is 319 g/mol. The highest BCUT2D eigenvalue weighted by Gasteiger charge is 2.21. The van der Waals surface area contributed by atoms with Crippen LogP contribution in [-0.2, 0) is 26.2 Å². The van der Waals surface area contributed by atoms with Gasteiger partial charge in [-0.1, -0.05) is 6.92 Å². The van der Waals surface area contributed by atoms with E-state index in [1.165, 1.54) is 5.56 Å². The van der Waals surface area contributed by atoms with Crippen molar-refractivity contribution in [2.45, 2.75) is 52.6 Å². The molecule has 0 radical (unpaired) electrons. The zero-order valence-corrected chi connectivity index (χ0v) is 13.8. The first-order valence-electron chi connectivity index (χ1n) is 8.21. The van der Waals surface area contributed by atoms with Gasteiger partial charge in [-0.2, -0.15) is 10.2 Å². The highest BCUT2D eigenvalue weighted by Crippen LogP contribution is 2.20. The molecule has 1 aliphatic rings. The Morgan fingerprint density at radius 3 is 2.87 bits per heavy atom. The molecule has 0 amide bonds. The lowest BCUT2D eigenvalue weighted by molar-refractivity contribution is 0.0915. The fourth-order valence-corrected chi connectivity index (χ4v) is 3.03. The maximum Gasteiger partial charge on any atom is 0.121 e. The van der Waals surface area contributed by atoms with Gasteiger partial charge in [-0.15, -0.1) is 0 Å². The summed E-state index contributed by atoms with van der Waals surface area (Å²) in [6.07, 6.45) is 2.33. The lowest BCUT2D eigenvalue weighted by Gasteiger charge is -2.27. The van der Waals surface area contributed by atoms with Crippen molar-refractivity contribution in [2.24, 2.45) is 0 Å². The first-order chi connectivity index (χ1) is 11.1. The molecule has 7 heteroatoms. The maximum atomic E-state index is 9.72. The maximum absolute atomic E-state index is 9.72. The highest BCUT2D eigenvalue weighted by molar-refractivity contribution is 5.17. The standard InChI is InChI=1S/C16H25N5O2/c1-3-4-20-9-13(12(2)17-20)8-19-5-6-21-14(10-19)7-15(18-21)16(23)11-22/h7,9,16,22-23H,3-6,8,10-11H2,1-2H3. The van der Waals surface area contributed by atoms with Crippen LogP contribution < -0.4 is 0 Å². The number of nitrogens with zero attached hydrogens (tertiary/aromatic N) is 5. The highest BCUT2D eigenvalue weighted by atomic mass is 16.3. The molecule has 0 aromatic carbocycles. The van der Waals surface area contributed by atoms with Crippen LogP contribution in [0.15, 0.2) is 12.3 Å². The van der Waals surface area contributed by atoms with E-state index in [1.54, 1.807) is 0 Å². The van der Waals surface area contributed by atoms with Crippen LogP contribution >= 0.6 is 0 Å². The van der Waals surface area contributed by atoms with Crippen LogP contribution in [0.25, 0.3) is 0 Å². The summed E-state index contributed by atoms with van der Waals surface area (Å²) in [6.45, 7) is 8.26. The average Bonchev–Trinajstić information content (AvgIpc) is 3.10. The van der Waals surface area contributed by atoms with Crippen molar-refractivity contribution in [3.05, 3.63) is 34.9 Å². The van der Waals surface area contributed by atoms with Crippen molar-refractivity contribution >= 4 is 0 Å². The van der Waals surface area contributed by atoms with Gasteiger partial charge in [-0.3, -0.25) is 14.3 Å². The number of aryl methyl sites for hydroxylation is 2. The number of rotatable bonds is 6. The molecule has 23 heavy (non-hydrogen) atoms. The molecule has 7 nitrogen and oxygen atoms in total. The lowest BCUT2D eigenvalue weighted by atomic mass is 10.2. The number of hydrogen-bond donors (Lipinski definition) is 2. The van der Waals surface area contributed by atoms with Crippen molar-refractivity contribution in [2.75, 3.05) is 13.2 Å². The Morgan fingerprint density at radius 1 is 1.30 bits per heavy atom. The largest absolute Gasteiger partial charge is 0.393 e. The number of aliphatic hydroxyl groups is 2. The molecule has 2 aromatic rings. The summed E-state index contributed by atoms with van der Waals surface area (Å²) < 4.78 is 3.95. The number of fused-ring (bicyclic) bond motifs is 1. The summed E-state index contributed by atoms with van der Waals surface area (Å²) in [5.41, 5.74) is 3.99. The summed E-state index contributed by atoms with van der Waals surface area (Å²) in [5.74, 6) is 0. The topological polar surface area (TPSA) is 79.3 Å². The summed E-state index contributed by atoms with van der Waals surface area (Å²) in [5, 5.41) is 27.7. The summed E-state index contributed by atoms with van der Waals surface area (Å²) in [7, 11) is 0. The predicted molar refractivity (Wildman–Crippen MR) is 85.6 cm³/mol. The van der Waals surface area contributed by atoms with Crippen molar-refractivity contribution in [3.63, 3.8) is 0 Å². The van der Waals surface area contributed by atoms with Gasteiger partial charge in [0.2, 0.25) is 0 Å². The van der Waals surface area contributed by atoms with Gasteiger partial charge in [0.15, 0.2) is 0 Å². The Kier molecular flexibility index (Phi) is 4.79. The third-order valence-electron chi connectivity index (χ3n) is 4.30. The van der Waals surface area contributed by atoms with Gasteiger partial charge in [-0.05, 0) is 19.4 Å². The molecule has 2 aromatic heterocycles. The van der Waals surface area contributed by atoms with Gasteiger partial charge in [0.25, 0.3) is 0 Å². The molecule has 1 aliphatic heterocycles. The Balaban J connectivity index is 1.68. The summed E-state index contributed by atoms with van der Waals surface area (Å²) >= 11 is 0. The van der Waals surface area contributed by atoms with Crippen LogP contribution in [0.4, 0.5) is 0 Å². The number of aromatic nitrogens is 4. The molecule has 2 N–H and O–H groups in total. The predicted octanol–water partition coefficient (Wildman–Crippen LogP) is 0.840. The molecule has 0 aliphatic carbocycles. The molecule has 0 saturated heterocycles. The van der Waals surface area contributed by atoms with E-state index in [9.17, 15) is 5.11 Å². The second kappa shape index (κ2) is 6.82. The van der Waals surface area contributed by atoms with Crippen LogP contribution in [-0.4, -0.2) is 47.8 Å². The number of aliphatic hydroxyl groups excluding tert-OH is 2.